The second-order valence-corrected chi connectivity index (χ2v) is 3.66. The summed E-state index contributed by atoms with van der Waals surface area (Å²) in [6.45, 7) is 4.36. The van der Waals surface area contributed by atoms with E-state index in [4.69, 9.17) is 0 Å². The lowest BCUT2D eigenvalue weighted by Crippen LogP contribution is -1.83. The molecule has 0 radical (unpaired) electrons. The van der Waals surface area contributed by atoms with E-state index < -0.39 is 0 Å². The highest BCUT2D eigenvalue weighted by atomic mass is 14.1. The number of benzene rings is 1. The van der Waals surface area contributed by atoms with Crippen LogP contribution >= 0.6 is 0 Å². The predicted octanol–water partition coefficient (Wildman–Crippen LogP) is 4.94. The minimum Gasteiger partial charge on any atom is -0.0776 e. The minimum atomic E-state index is 0. The smallest absolute Gasteiger partial charge is 0.00752 e. The van der Waals surface area contributed by atoms with Crippen LogP contribution in [0.5, 0.6) is 0 Å². The summed E-state index contributed by atoms with van der Waals surface area (Å²) >= 11 is 0. The monoisotopic (exact) mass is 202 g/mol. The Hall–Kier alpha value is -1.30. The first-order valence-electron chi connectivity index (χ1n) is 4.73. The molecule has 1 aromatic rings. The fourth-order valence-electron chi connectivity index (χ4n) is 1.64. The number of allylic oxidation sites excluding steroid dienone is 2. The molecule has 82 valence electrons. The Morgan fingerprint density at radius 2 is 1.67 bits per heavy atom. The maximum Gasteiger partial charge on any atom is -0.00752 e. The lowest BCUT2D eigenvalue weighted by molar-refractivity contribution is 0.954. The molecule has 1 aliphatic carbocycles. The van der Waals surface area contributed by atoms with Gasteiger partial charge in [-0.15, -0.1) is 0 Å². The Morgan fingerprint density at radius 1 is 1.00 bits per heavy atom. The van der Waals surface area contributed by atoms with Crippen molar-refractivity contribution in [2.45, 2.75) is 28.7 Å². The molecule has 1 atom stereocenters. The normalized spacial score (nSPS) is 17.1. The Bertz CT molecular complexity index is 370. The molecule has 0 aliphatic heterocycles. The average molecular weight is 202 g/mol. The van der Waals surface area contributed by atoms with Gasteiger partial charge in [-0.25, -0.2) is 0 Å². The molecule has 1 aliphatic rings. The van der Waals surface area contributed by atoms with Crippen LogP contribution in [0.15, 0.2) is 30.4 Å². The highest BCUT2D eigenvalue weighted by Gasteiger charge is 2.03. The molecule has 1 aromatic carbocycles. The minimum absolute atomic E-state index is 0. The third kappa shape index (κ3) is 2.82. The van der Waals surface area contributed by atoms with Gasteiger partial charge in [-0.2, -0.15) is 0 Å². The van der Waals surface area contributed by atoms with Gasteiger partial charge >= 0.3 is 0 Å². The van der Waals surface area contributed by atoms with Crippen LogP contribution in [0.3, 0.4) is 0 Å². The molecule has 0 nitrogen and oxygen atoms in total. The fraction of sp³-hybridized carbons (Fsp3) is 0.333. The number of hydrogen-bond acceptors (Lipinski definition) is 0. The van der Waals surface area contributed by atoms with Crippen LogP contribution < -0.4 is 0 Å². The van der Waals surface area contributed by atoms with E-state index in [0.717, 1.165) is 0 Å². The van der Waals surface area contributed by atoms with Gasteiger partial charge in [0.25, 0.3) is 0 Å². The van der Waals surface area contributed by atoms with Crippen molar-refractivity contribution in [3.8, 4) is 0 Å². The number of hydrogen-bond donors (Lipinski definition) is 0. The molecule has 0 heterocycles. The van der Waals surface area contributed by atoms with E-state index in [-0.39, 0.29) is 14.9 Å². The molecule has 0 fully saturated rings. The predicted molar refractivity (Wildman–Crippen MR) is 71.9 cm³/mol. The molecule has 15 heavy (non-hydrogen) atoms. The van der Waals surface area contributed by atoms with Crippen LogP contribution in [0.2, 0.25) is 0 Å². The van der Waals surface area contributed by atoms with Gasteiger partial charge in [0.05, 0.1) is 0 Å². The van der Waals surface area contributed by atoms with Crippen molar-refractivity contribution in [1.29, 1.82) is 0 Å². The van der Waals surface area contributed by atoms with Gasteiger partial charge in [0.1, 0.15) is 0 Å². The zero-order chi connectivity index (χ0) is 9.26. The maximum atomic E-state index is 2.25. The topological polar surface area (TPSA) is 0 Å². The lowest BCUT2D eigenvalue weighted by atomic mass is 10.0. The summed E-state index contributed by atoms with van der Waals surface area (Å²) in [6, 6.07) is 6.44. The van der Waals surface area contributed by atoms with Crippen molar-refractivity contribution in [2.75, 3.05) is 0 Å². The van der Waals surface area contributed by atoms with Crippen molar-refractivity contribution >= 4 is 12.2 Å². The standard InChI is InChI=1S/C13H14.2CH4/c1-10-6-8-12-5-3-4-11(2)13(12)9-7-10;;/h3-10H,1-2H3;2*1H4. The molecule has 2 rings (SSSR count). The largest absolute Gasteiger partial charge is 0.0776 e. The van der Waals surface area contributed by atoms with Gasteiger partial charge < -0.3 is 0 Å². The fourth-order valence-corrected chi connectivity index (χ4v) is 1.64. The van der Waals surface area contributed by atoms with E-state index in [0.29, 0.717) is 5.92 Å². The van der Waals surface area contributed by atoms with Gasteiger partial charge in [0.15, 0.2) is 0 Å². The summed E-state index contributed by atoms with van der Waals surface area (Å²) in [5.41, 5.74) is 4.05. The quantitative estimate of drug-likeness (QED) is 0.559. The Morgan fingerprint density at radius 3 is 2.40 bits per heavy atom. The third-order valence-corrected chi connectivity index (χ3v) is 2.50. The van der Waals surface area contributed by atoms with E-state index in [1.54, 1.807) is 0 Å². The molecule has 0 saturated carbocycles. The highest BCUT2D eigenvalue weighted by molar-refractivity contribution is 5.69. The summed E-state index contributed by atoms with van der Waals surface area (Å²) in [5.74, 6) is 0.548. The number of fused-ring (bicyclic) bond motifs is 1. The van der Waals surface area contributed by atoms with E-state index in [9.17, 15) is 0 Å². The molecule has 0 heteroatoms. The number of aryl methyl sites for hydroxylation is 1. The Labute approximate surface area is 94.3 Å². The van der Waals surface area contributed by atoms with Gasteiger partial charge in [0.2, 0.25) is 0 Å². The van der Waals surface area contributed by atoms with Gasteiger partial charge in [-0.3, -0.25) is 0 Å². The number of rotatable bonds is 0. The molecule has 0 bridgehead atoms. The van der Waals surface area contributed by atoms with E-state index in [1.165, 1.54) is 16.7 Å². The average Bonchev–Trinajstić information content (AvgIpc) is 2.30. The molecule has 1 unspecified atom stereocenters. The molecule has 0 spiro atoms. The second-order valence-electron chi connectivity index (χ2n) is 3.66. The van der Waals surface area contributed by atoms with Crippen LogP contribution in [0, 0.1) is 12.8 Å². The Kier molecular flexibility index (Phi) is 5.07. The molecule has 0 aromatic heterocycles. The van der Waals surface area contributed by atoms with Crippen molar-refractivity contribution in [3.63, 3.8) is 0 Å². The first-order chi connectivity index (χ1) is 6.27. The first-order valence-corrected chi connectivity index (χ1v) is 4.73. The van der Waals surface area contributed by atoms with Crippen LogP contribution in [0.1, 0.15) is 38.5 Å². The summed E-state index contributed by atoms with van der Waals surface area (Å²) in [7, 11) is 0. The summed E-state index contributed by atoms with van der Waals surface area (Å²) in [6.07, 6.45) is 8.93. The molecule has 0 N–H and O–H groups in total. The molecule has 0 saturated heterocycles. The lowest BCUT2D eigenvalue weighted by Gasteiger charge is -2.03. The van der Waals surface area contributed by atoms with Crippen molar-refractivity contribution in [3.05, 3.63) is 47.0 Å². The SMILES string of the molecule is C.C.Cc1cccc2c1C=CC(C)C=C2. The van der Waals surface area contributed by atoms with Crippen LogP contribution in [-0.4, -0.2) is 0 Å². The van der Waals surface area contributed by atoms with Gasteiger partial charge in [-0.1, -0.05) is 64.3 Å². The maximum absolute atomic E-state index is 2.25. The second kappa shape index (κ2) is 5.55. The van der Waals surface area contributed by atoms with E-state index in [1.807, 2.05) is 0 Å². The van der Waals surface area contributed by atoms with Crippen LogP contribution in [0.4, 0.5) is 0 Å². The molecular weight excluding hydrogens is 180 g/mol. The zero-order valence-electron chi connectivity index (χ0n) is 8.12. The molecule has 0 amide bonds. The first kappa shape index (κ1) is 13.7. The highest BCUT2D eigenvalue weighted by Crippen LogP contribution is 2.22. The Balaban J connectivity index is 0.000000980. The van der Waals surface area contributed by atoms with E-state index >= 15 is 0 Å². The van der Waals surface area contributed by atoms with Gasteiger partial charge in [-0.05, 0) is 29.5 Å². The van der Waals surface area contributed by atoms with Crippen molar-refractivity contribution in [1.82, 2.24) is 0 Å². The zero-order valence-corrected chi connectivity index (χ0v) is 8.12. The third-order valence-electron chi connectivity index (χ3n) is 2.50. The molecular formula is C15H22. The van der Waals surface area contributed by atoms with E-state index in [2.05, 4.69) is 56.4 Å². The summed E-state index contributed by atoms with van der Waals surface area (Å²) in [5, 5.41) is 0. The summed E-state index contributed by atoms with van der Waals surface area (Å²) in [4.78, 5) is 0. The van der Waals surface area contributed by atoms with Crippen LogP contribution in [0.25, 0.3) is 12.2 Å². The van der Waals surface area contributed by atoms with Crippen LogP contribution in [-0.2, 0) is 0 Å². The van der Waals surface area contributed by atoms with Crippen molar-refractivity contribution in [2.24, 2.45) is 5.92 Å². The van der Waals surface area contributed by atoms with Crippen molar-refractivity contribution < 1.29 is 0 Å². The van der Waals surface area contributed by atoms with Gasteiger partial charge in [0, 0.05) is 0 Å². The summed E-state index contributed by atoms with van der Waals surface area (Å²) < 4.78 is 0.